The van der Waals surface area contributed by atoms with Crippen LogP contribution in [-0.2, 0) is 5.60 Å². The minimum atomic E-state index is -0.723. The molecular weight excluding hydrogens is 226 g/mol. The lowest BCUT2D eigenvalue weighted by molar-refractivity contribution is 0.0365. The maximum absolute atomic E-state index is 11.0. The quantitative estimate of drug-likeness (QED) is 0.840. The highest BCUT2D eigenvalue weighted by molar-refractivity contribution is 5.39. The summed E-state index contributed by atoms with van der Waals surface area (Å²) in [4.78, 5) is 0. The Balaban J connectivity index is 1.91. The van der Waals surface area contributed by atoms with Crippen LogP contribution in [0.15, 0.2) is 24.3 Å². The molecule has 0 radical (unpaired) electrons. The van der Waals surface area contributed by atoms with Gasteiger partial charge < -0.3 is 15.2 Å². The number of hydrogen-bond acceptors (Lipinski definition) is 3. The monoisotopic (exact) mass is 247 g/mol. The smallest absolute Gasteiger partial charge is 0.124 e. The average Bonchev–Trinajstić information content (AvgIpc) is 2.76. The van der Waals surface area contributed by atoms with Gasteiger partial charge in [0.05, 0.1) is 12.7 Å². The van der Waals surface area contributed by atoms with E-state index >= 15 is 0 Å². The van der Waals surface area contributed by atoms with Crippen LogP contribution in [0.25, 0.3) is 0 Å². The van der Waals surface area contributed by atoms with Crippen molar-refractivity contribution < 1.29 is 9.84 Å². The lowest BCUT2D eigenvalue weighted by Crippen LogP contribution is -2.38. The van der Waals surface area contributed by atoms with Crippen LogP contribution >= 0.6 is 0 Å². The summed E-state index contributed by atoms with van der Waals surface area (Å²) in [6.07, 6.45) is 4.11. The van der Waals surface area contributed by atoms with Crippen LogP contribution in [0.2, 0.25) is 0 Å². The molecule has 0 bridgehead atoms. The molecule has 1 aliphatic carbocycles. The SMILES string of the molecule is COc1ccccc1C1(O)CC2CCCNC2C1. The van der Waals surface area contributed by atoms with E-state index < -0.39 is 5.60 Å². The third-order valence-electron chi connectivity index (χ3n) is 4.49. The van der Waals surface area contributed by atoms with Crippen LogP contribution < -0.4 is 10.1 Å². The van der Waals surface area contributed by atoms with E-state index in [4.69, 9.17) is 4.74 Å². The molecule has 1 heterocycles. The standard InChI is InChI=1S/C15H21NO2/c1-18-14-7-3-2-6-12(14)15(17)9-11-5-4-8-16-13(11)10-15/h2-3,6-7,11,13,16-17H,4-5,8-10H2,1H3. The topological polar surface area (TPSA) is 41.5 Å². The second-order valence-electron chi connectivity index (χ2n) is 5.60. The molecule has 3 unspecified atom stereocenters. The molecule has 3 rings (SSSR count). The molecule has 0 aromatic heterocycles. The number of rotatable bonds is 2. The Bertz CT molecular complexity index is 418. The molecule has 3 heteroatoms. The van der Waals surface area contributed by atoms with Gasteiger partial charge in [0.25, 0.3) is 0 Å². The van der Waals surface area contributed by atoms with E-state index in [0.29, 0.717) is 12.0 Å². The van der Waals surface area contributed by atoms with Crippen molar-refractivity contribution in [3.05, 3.63) is 29.8 Å². The number of benzene rings is 1. The van der Waals surface area contributed by atoms with Gasteiger partial charge in [-0.05, 0) is 44.2 Å². The summed E-state index contributed by atoms with van der Waals surface area (Å²) in [6.45, 7) is 1.09. The summed E-state index contributed by atoms with van der Waals surface area (Å²) < 4.78 is 5.40. The van der Waals surface area contributed by atoms with Crippen molar-refractivity contribution in [2.24, 2.45) is 5.92 Å². The Morgan fingerprint density at radius 3 is 2.94 bits per heavy atom. The zero-order valence-corrected chi connectivity index (χ0v) is 10.9. The summed E-state index contributed by atoms with van der Waals surface area (Å²) in [7, 11) is 1.67. The second kappa shape index (κ2) is 4.56. The third kappa shape index (κ3) is 1.91. The molecule has 1 saturated carbocycles. The van der Waals surface area contributed by atoms with Crippen molar-refractivity contribution in [2.75, 3.05) is 13.7 Å². The maximum Gasteiger partial charge on any atom is 0.124 e. The van der Waals surface area contributed by atoms with Gasteiger partial charge in [0.1, 0.15) is 5.75 Å². The lowest BCUT2D eigenvalue weighted by Gasteiger charge is -2.25. The van der Waals surface area contributed by atoms with Crippen molar-refractivity contribution in [3.63, 3.8) is 0 Å². The predicted octanol–water partition coefficient (Wildman–Crippen LogP) is 2.04. The van der Waals surface area contributed by atoms with Gasteiger partial charge in [0.2, 0.25) is 0 Å². The highest BCUT2D eigenvalue weighted by Crippen LogP contribution is 2.47. The number of fused-ring (bicyclic) bond motifs is 1. The first kappa shape index (κ1) is 12.0. The molecule has 1 aromatic rings. The van der Waals surface area contributed by atoms with Crippen molar-refractivity contribution in [2.45, 2.75) is 37.3 Å². The van der Waals surface area contributed by atoms with Crippen molar-refractivity contribution >= 4 is 0 Å². The molecular formula is C15H21NO2. The number of ether oxygens (including phenoxy) is 1. The summed E-state index contributed by atoms with van der Waals surface area (Å²) in [5, 5.41) is 14.5. The number of hydrogen-bond donors (Lipinski definition) is 2. The fourth-order valence-electron chi connectivity index (χ4n) is 3.63. The molecule has 3 atom stereocenters. The van der Waals surface area contributed by atoms with E-state index in [1.807, 2.05) is 24.3 Å². The van der Waals surface area contributed by atoms with Crippen LogP contribution in [0, 0.1) is 5.92 Å². The molecule has 1 aliphatic heterocycles. The number of nitrogens with one attached hydrogen (secondary N) is 1. The van der Waals surface area contributed by atoms with Gasteiger partial charge in [-0.25, -0.2) is 0 Å². The van der Waals surface area contributed by atoms with Gasteiger partial charge in [-0.3, -0.25) is 0 Å². The summed E-state index contributed by atoms with van der Waals surface area (Å²) in [5.41, 5.74) is 0.225. The summed E-state index contributed by atoms with van der Waals surface area (Å²) in [6, 6.07) is 8.32. The fourth-order valence-corrected chi connectivity index (χ4v) is 3.63. The zero-order valence-electron chi connectivity index (χ0n) is 10.9. The predicted molar refractivity (Wildman–Crippen MR) is 70.6 cm³/mol. The molecule has 0 amide bonds. The highest BCUT2D eigenvalue weighted by atomic mass is 16.5. The van der Waals surface area contributed by atoms with Crippen molar-refractivity contribution in [1.29, 1.82) is 0 Å². The van der Waals surface area contributed by atoms with Gasteiger partial charge in [-0.2, -0.15) is 0 Å². The normalized spacial score (nSPS) is 35.2. The highest BCUT2D eigenvalue weighted by Gasteiger charge is 2.46. The van der Waals surface area contributed by atoms with Crippen LogP contribution in [0.1, 0.15) is 31.2 Å². The van der Waals surface area contributed by atoms with Gasteiger partial charge in [0, 0.05) is 11.6 Å². The van der Waals surface area contributed by atoms with Crippen molar-refractivity contribution in [1.82, 2.24) is 5.32 Å². The van der Waals surface area contributed by atoms with E-state index in [-0.39, 0.29) is 0 Å². The van der Waals surface area contributed by atoms with E-state index in [0.717, 1.165) is 30.7 Å². The van der Waals surface area contributed by atoms with Crippen LogP contribution in [0.3, 0.4) is 0 Å². The molecule has 18 heavy (non-hydrogen) atoms. The van der Waals surface area contributed by atoms with Gasteiger partial charge in [0.15, 0.2) is 0 Å². The summed E-state index contributed by atoms with van der Waals surface area (Å²) in [5.74, 6) is 1.41. The van der Waals surface area contributed by atoms with E-state index in [1.165, 1.54) is 12.8 Å². The Kier molecular flexibility index (Phi) is 3.04. The van der Waals surface area contributed by atoms with E-state index in [9.17, 15) is 5.11 Å². The molecule has 2 fully saturated rings. The lowest BCUT2D eigenvalue weighted by atomic mass is 9.89. The van der Waals surface area contributed by atoms with Gasteiger partial charge in [-0.15, -0.1) is 0 Å². The summed E-state index contributed by atoms with van der Waals surface area (Å²) >= 11 is 0. The second-order valence-corrected chi connectivity index (χ2v) is 5.60. The number of para-hydroxylation sites is 1. The van der Waals surface area contributed by atoms with Gasteiger partial charge in [-0.1, -0.05) is 18.2 Å². The van der Waals surface area contributed by atoms with Crippen molar-refractivity contribution in [3.8, 4) is 5.75 Å². The molecule has 98 valence electrons. The Hall–Kier alpha value is -1.06. The van der Waals surface area contributed by atoms with E-state index in [2.05, 4.69) is 5.32 Å². The van der Waals surface area contributed by atoms with Crippen LogP contribution in [0.5, 0.6) is 5.75 Å². The first-order chi connectivity index (χ1) is 8.73. The molecule has 0 spiro atoms. The third-order valence-corrected chi connectivity index (χ3v) is 4.49. The number of aliphatic hydroxyl groups is 1. The van der Waals surface area contributed by atoms with Gasteiger partial charge >= 0.3 is 0 Å². The Labute approximate surface area is 108 Å². The largest absolute Gasteiger partial charge is 0.496 e. The first-order valence-electron chi connectivity index (χ1n) is 6.82. The molecule has 1 aromatic carbocycles. The fraction of sp³-hybridized carbons (Fsp3) is 0.600. The first-order valence-corrected chi connectivity index (χ1v) is 6.82. The molecule has 3 nitrogen and oxygen atoms in total. The van der Waals surface area contributed by atoms with E-state index in [1.54, 1.807) is 7.11 Å². The molecule has 1 saturated heterocycles. The minimum Gasteiger partial charge on any atom is -0.496 e. The molecule has 2 aliphatic rings. The average molecular weight is 247 g/mol. The zero-order chi connectivity index (χ0) is 12.6. The number of methoxy groups -OCH3 is 1. The Morgan fingerprint density at radius 1 is 1.33 bits per heavy atom. The minimum absolute atomic E-state index is 0.466. The number of piperidine rings is 1. The molecule has 2 N–H and O–H groups in total. The van der Waals surface area contributed by atoms with Crippen LogP contribution in [0.4, 0.5) is 0 Å². The van der Waals surface area contributed by atoms with Crippen LogP contribution in [-0.4, -0.2) is 24.8 Å². The maximum atomic E-state index is 11.0. The Morgan fingerprint density at radius 2 is 2.17 bits per heavy atom.